The zero-order valence-electron chi connectivity index (χ0n) is 14.1. The molecule has 2 amide bonds. The molecule has 1 aliphatic heterocycles. The van der Waals surface area contributed by atoms with Crippen molar-refractivity contribution in [3.8, 4) is 0 Å². The summed E-state index contributed by atoms with van der Waals surface area (Å²) in [5.74, 6) is 0. The third-order valence-corrected chi connectivity index (χ3v) is 3.93. The fraction of sp³-hybridized carbons (Fsp3) is 0.625. The molecule has 1 atom stereocenters. The number of ether oxygens (including phenoxy) is 1. The van der Waals surface area contributed by atoms with E-state index in [4.69, 9.17) is 4.74 Å². The maximum Gasteiger partial charge on any atom is 0.315 e. The number of morpholine rings is 1. The molecule has 0 saturated carbocycles. The van der Waals surface area contributed by atoms with Crippen LogP contribution in [0.3, 0.4) is 0 Å². The van der Waals surface area contributed by atoms with Gasteiger partial charge in [-0.15, -0.1) is 0 Å². The third kappa shape index (κ3) is 5.37. The first kappa shape index (κ1) is 17.5. The Morgan fingerprint density at radius 3 is 2.74 bits per heavy atom. The summed E-state index contributed by atoms with van der Waals surface area (Å²) in [7, 11) is 0. The molecule has 0 aliphatic carbocycles. The van der Waals surface area contributed by atoms with E-state index < -0.39 is 0 Å². The highest BCUT2D eigenvalue weighted by Crippen LogP contribution is 2.03. The smallest absolute Gasteiger partial charge is 0.315 e. The van der Waals surface area contributed by atoms with Gasteiger partial charge >= 0.3 is 6.03 Å². The fourth-order valence-electron chi connectivity index (χ4n) is 2.76. The Morgan fingerprint density at radius 2 is 2.09 bits per heavy atom. The summed E-state index contributed by atoms with van der Waals surface area (Å²) in [5, 5.41) is 5.66. The Balaban J connectivity index is 1.79. The molecule has 1 aromatic heterocycles. The van der Waals surface area contributed by atoms with Crippen LogP contribution in [0.5, 0.6) is 0 Å². The summed E-state index contributed by atoms with van der Waals surface area (Å²) in [4.78, 5) is 28.9. The summed E-state index contributed by atoms with van der Waals surface area (Å²) in [6.45, 7) is 9.97. The molecular weight excluding hydrogens is 296 g/mol. The van der Waals surface area contributed by atoms with Gasteiger partial charge in [0.2, 0.25) is 0 Å². The number of aromatic amines is 1. The van der Waals surface area contributed by atoms with Crippen molar-refractivity contribution in [3.05, 3.63) is 33.2 Å². The lowest BCUT2D eigenvalue weighted by Crippen LogP contribution is -2.48. The number of nitrogens with one attached hydrogen (secondary N) is 3. The molecule has 2 rings (SSSR count). The highest BCUT2D eigenvalue weighted by molar-refractivity contribution is 5.74. The van der Waals surface area contributed by atoms with Crippen molar-refractivity contribution < 1.29 is 9.53 Å². The molecule has 1 aliphatic rings. The Morgan fingerprint density at radius 1 is 1.39 bits per heavy atom. The van der Waals surface area contributed by atoms with Crippen LogP contribution in [0.15, 0.2) is 10.9 Å². The van der Waals surface area contributed by atoms with Crippen molar-refractivity contribution >= 4 is 6.03 Å². The van der Waals surface area contributed by atoms with E-state index in [0.29, 0.717) is 5.56 Å². The lowest BCUT2D eigenvalue weighted by atomic mass is 10.1. The van der Waals surface area contributed by atoms with Crippen molar-refractivity contribution in [2.24, 2.45) is 0 Å². The van der Waals surface area contributed by atoms with Crippen molar-refractivity contribution in [2.45, 2.75) is 33.4 Å². The lowest BCUT2D eigenvalue weighted by molar-refractivity contribution is 0.0349. The lowest BCUT2D eigenvalue weighted by Gasteiger charge is -2.29. The van der Waals surface area contributed by atoms with E-state index in [1.165, 1.54) is 0 Å². The van der Waals surface area contributed by atoms with Gasteiger partial charge < -0.3 is 20.4 Å². The van der Waals surface area contributed by atoms with E-state index in [9.17, 15) is 9.59 Å². The normalized spacial score (nSPS) is 16.8. The van der Waals surface area contributed by atoms with Gasteiger partial charge in [-0.1, -0.05) is 0 Å². The number of urea groups is 1. The minimum atomic E-state index is -0.259. The number of H-pyrrole nitrogens is 1. The molecule has 23 heavy (non-hydrogen) atoms. The van der Waals surface area contributed by atoms with Crippen LogP contribution in [0.25, 0.3) is 0 Å². The molecule has 1 saturated heterocycles. The second-order valence-corrected chi connectivity index (χ2v) is 6.08. The van der Waals surface area contributed by atoms with Gasteiger partial charge in [0.25, 0.3) is 5.56 Å². The number of aryl methyl sites for hydroxylation is 2. The summed E-state index contributed by atoms with van der Waals surface area (Å²) in [6.07, 6.45) is 0. The largest absolute Gasteiger partial charge is 0.379 e. The zero-order valence-corrected chi connectivity index (χ0v) is 14.1. The molecule has 7 heteroatoms. The van der Waals surface area contributed by atoms with Crippen LogP contribution in [0, 0.1) is 13.8 Å². The molecule has 0 unspecified atom stereocenters. The van der Waals surface area contributed by atoms with E-state index in [2.05, 4.69) is 20.5 Å². The van der Waals surface area contributed by atoms with Crippen molar-refractivity contribution in [2.75, 3.05) is 32.8 Å². The number of hydrogen-bond donors (Lipinski definition) is 3. The highest BCUT2D eigenvalue weighted by atomic mass is 16.5. The molecule has 2 heterocycles. The zero-order chi connectivity index (χ0) is 16.8. The van der Waals surface area contributed by atoms with Crippen LogP contribution in [-0.2, 0) is 11.3 Å². The fourth-order valence-corrected chi connectivity index (χ4v) is 2.76. The van der Waals surface area contributed by atoms with Crippen molar-refractivity contribution in [1.82, 2.24) is 20.5 Å². The van der Waals surface area contributed by atoms with Crippen LogP contribution in [-0.4, -0.2) is 54.8 Å². The third-order valence-electron chi connectivity index (χ3n) is 3.93. The van der Waals surface area contributed by atoms with Crippen LogP contribution in [0.2, 0.25) is 0 Å². The first-order valence-electron chi connectivity index (χ1n) is 7.99. The molecule has 1 fully saturated rings. The minimum absolute atomic E-state index is 0.0329. The number of nitrogens with zero attached hydrogens (tertiary/aromatic N) is 1. The number of amides is 2. The number of carbonyl (C=O) groups excluding carboxylic acids is 1. The predicted molar refractivity (Wildman–Crippen MR) is 88.6 cm³/mol. The monoisotopic (exact) mass is 322 g/mol. The van der Waals surface area contributed by atoms with Gasteiger partial charge in [-0.2, -0.15) is 0 Å². The molecule has 3 N–H and O–H groups in total. The Hall–Kier alpha value is -1.86. The Labute approximate surface area is 136 Å². The molecule has 0 spiro atoms. The van der Waals surface area contributed by atoms with Gasteiger partial charge in [-0.25, -0.2) is 4.79 Å². The quantitative estimate of drug-likeness (QED) is 0.737. The van der Waals surface area contributed by atoms with E-state index in [0.717, 1.165) is 44.1 Å². The summed E-state index contributed by atoms with van der Waals surface area (Å²) in [6, 6.07) is 1.67. The van der Waals surface area contributed by atoms with E-state index in [-0.39, 0.29) is 24.2 Å². The molecule has 128 valence electrons. The van der Waals surface area contributed by atoms with E-state index in [1.54, 1.807) is 0 Å². The van der Waals surface area contributed by atoms with Gasteiger partial charge in [-0.05, 0) is 32.4 Å². The van der Waals surface area contributed by atoms with Gasteiger partial charge in [0.05, 0.1) is 19.8 Å². The number of aromatic nitrogens is 1. The van der Waals surface area contributed by atoms with Crippen LogP contribution in [0.1, 0.15) is 23.7 Å². The molecule has 1 aromatic rings. The first-order valence-corrected chi connectivity index (χ1v) is 7.99. The van der Waals surface area contributed by atoms with Crippen molar-refractivity contribution in [3.63, 3.8) is 0 Å². The predicted octanol–water partition coefficient (Wildman–Crippen LogP) is 0.512. The standard InChI is InChI=1S/C16H26N4O3/c1-11-8-12(2)18-15(21)14(11)9-17-16(22)19-13(3)10-20-4-6-23-7-5-20/h8,13H,4-7,9-10H2,1-3H3,(H,18,21)(H2,17,19,22)/t13-/m1/s1. The SMILES string of the molecule is Cc1cc(C)c(CNC(=O)N[C@H](C)CN2CCOCC2)c(=O)[nH]1. The van der Waals surface area contributed by atoms with Crippen LogP contribution >= 0.6 is 0 Å². The van der Waals surface area contributed by atoms with Gasteiger partial charge in [0, 0.05) is 36.9 Å². The summed E-state index contributed by atoms with van der Waals surface area (Å²) < 4.78 is 5.31. The van der Waals surface area contributed by atoms with E-state index in [1.807, 2.05) is 26.8 Å². The minimum Gasteiger partial charge on any atom is -0.379 e. The highest BCUT2D eigenvalue weighted by Gasteiger charge is 2.15. The summed E-state index contributed by atoms with van der Waals surface area (Å²) in [5.41, 5.74) is 2.14. The second-order valence-electron chi connectivity index (χ2n) is 6.08. The van der Waals surface area contributed by atoms with Crippen molar-refractivity contribution in [1.29, 1.82) is 0 Å². The number of carbonyl (C=O) groups is 1. The maximum atomic E-state index is 12.0. The molecular formula is C16H26N4O3. The molecule has 0 aromatic carbocycles. The Bertz CT molecular complexity index is 593. The van der Waals surface area contributed by atoms with Gasteiger partial charge in [0.15, 0.2) is 0 Å². The number of pyridine rings is 1. The number of rotatable bonds is 5. The molecule has 0 radical (unpaired) electrons. The van der Waals surface area contributed by atoms with E-state index >= 15 is 0 Å². The second kappa shape index (κ2) is 8.12. The summed E-state index contributed by atoms with van der Waals surface area (Å²) >= 11 is 0. The van der Waals surface area contributed by atoms with Crippen LogP contribution in [0.4, 0.5) is 4.79 Å². The topological polar surface area (TPSA) is 86.5 Å². The Kier molecular flexibility index (Phi) is 6.18. The number of hydrogen-bond acceptors (Lipinski definition) is 4. The average molecular weight is 322 g/mol. The van der Waals surface area contributed by atoms with Crippen LogP contribution < -0.4 is 16.2 Å². The maximum absolute atomic E-state index is 12.0. The van der Waals surface area contributed by atoms with Gasteiger partial charge in [-0.3, -0.25) is 9.69 Å². The molecule has 0 bridgehead atoms. The van der Waals surface area contributed by atoms with Gasteiger partial charge in [0.1, 0.15) is 0 Å². The molecule has 7 nitrogen and oxygen atoms in total. The first-order chi connectivity index (χ1) is 11.0. The average Bonchev–Trinajstić information content (AvgIpc) is 2.46.